The van der Waals surface area contributed by atoms with Crippen LogP contribution in [0.1, 0.15) is 0 Å². The van der Waals surface area contributed by atoms with Crippen LogP contribution in [0, 0.1) is 0 Å². The average Bonchev–Trinajstić information content (AvgIpc) is 3.23. The van der Waals surface area contributed by atoms with Crippen LogP contribution in [0.3, 0.4) is 0 Å². The van der Waals surface area contributed by atoms with Gasteiger partial charge in [-0.1, -0.05) is 17.3 Å². The molecule has 4 aromatic rings. The number of hydrogen-bond acceptors (Lipinski definition) is 7. The molecule has 0 atom stereocenters. The van der Waals surface area contributed by atoms with Gasteiger partial charge in [-0.3, -0.25) is 9.36 Å². The fourth-order valence-corrected chi connectivity index (χ4v) is 3.05. The smallest absolute Gasteiger partial charge is 0.328 e. The SMILES string of the molecule is COCCn1c(=O)[nH]c2cc(-c3nc(-c4ccccc4OC)no3)ccc2c1=O. The minimum absolute atomic E-state index is 0.175. The number of nitrogens with zero attached hydrogens (tertiary/aromatic N) is 3. The summed E-state index contributed by atoms with van der Waals surface area (Å²) in [7, 11) is 3.08. The molecule has 0 unspecified atom stereocenters. The Labute approximate surface area is 164 Å². The number of nitrogens with one attached hydrogen (secondary N) is 1. The number of fused-ring (bicyclic) bond motifs is 1. The number of H-pyrrole nitrogens is 1. The molecule has 0 aliphatic heterocycles. The Balaban J connectivity index is 1.75. The molecule has 0 radical (unpaired) electrons. The van der Waals surface area contributed by atoms with E-state index in [4.69, 9.17) is 14.0 Å². The molecule has 0 spiro atoms. The van der Waals surface area contributed by atoms with Gasteiger partial charge in [-0.2, -0.15) is 4.98 Å². The van der Waals surface area contributed by atoms with Crippen molar-refractivity contribution < 1.29 is 14.0 Å². The number of ether oxygens (including phenoxy) is 2. The lowest BCUT2D eigenvalue weighted by molar-refractivity contribution is 0.185. The molecule has 9 nitrogen and oxygen atoms in total. The summed E-state index contributed by atoms with van der Waals surface area (Å²) in [4.78, 5) is 32.0. The van der Waals surface area contributed by atoms with Crippen molar-refractivity contribution in [2.75, 3.05) is 20.8 Å². The number of aromatic amines is 1. The molecule has 148 valence electrons. The highest BCUT2D eigenvalue weighted by atomic mass is 16.5. The molecule has 0 aliphatic carbocycles. The van der Waals surface area contributed by atoms with Gasteiger partial charge in [-0.25, -0.2) is 4.79 Å². The molecule has 29 heavy (non-hydrogen) atoms. The third kappa shape index (κ3) is 3.43. The van der Waals surface area contributed by atoms with Gasteiger partial charge in [0.1, 0.15) is 5.75 Å². The van der Waals surface area contributed by atoms with E-state index in [0.29, 0.717) is 33.6 Å². The Kier molecular flexibility index (Phi) is 4.96. The number of methoxy groups -OCH3 is 2. The van der Waals surface area contributed by atoms with Crippen molar-refractivity contribution in [1.29, 1.82) is 0 Å². The van der Waals surface area contributed by atoms with E-state index in [2.05, 4.69) is 15.1 Å². The van der Waals surface area contributed by atoms with E-state index in [-0.39, 0.29) is 24.6 Å². The largest absolute Gasteiger partial charge is 0.496 e. The third-order valence-corrected chi connectivity index (χ3v) is 4.52. The first-order valence-electron chi connectivity index (χ1n) is 8.85. The fourth-order valence-electron chi connectivity index (χ4n) is 3.05. The molecule has 9 heteroatoms. The quantitative estimate of drug-likeness (QED) is 0.533. The summed E-state index contributed by atoms with van der Waals surface area (Å²) in [5, 5.41) is 4.40. The summed E-state index contributed by atoms with van der Waals surface area (Å²) in [6.07, 6.45) is 0. The van der Waals surface area contributed by atoms with E-state index in [1.807, 2.05) is 18.2 Å². The van der Waals surface area contributed by atoms with Gasteiger partial charge in [0.15, 0.2) is 0 Å². The Morgan fingerprint density at radius 2 is 1.97 bits per heavy atom. The van der Waals surface area contributed by atoms with Crippen molar-refractivity contribution in [2.24, 2.45) is 0 Å². The van der Waals surface area contributed by atoms with E-state index < -0.39 is 5.69 Å². The maximum absolute atomic E-state index is 12.6. The molecular formula is C20H18N4O5. The van der Waals surface area contributed by atoms with Crippen LogP contribution in [-0.2, 0) is 11.3 Å². The minimum atomic E-state index is -0.503. The van der Waals surface area contributed by atoms with Crippen LogP contribution in [0.5, 0.6) is 5.75 Å². The second kappa shape index (κ2) is 7.72. The van der Waals surface area contributed by atoms with Crippen LogP contribution in [0.4, 0.5) is 0 Å². The minimum Gasteiger partial charge on any atom is -0.496 e. The van der Waals surface area contributed by atoms with Gasteiger partial charge in [-0.15, -0.1) is 0 Å². The molecule has 0 saturated heterocycles. The predicted octanol–water partition coefficient (Wildman–Crippen LogP) is 2.06. The number of rotatable bonds is 6. The number of aromatic nitrogens is 4. The topological polar surface area (TPSA) is 112 Å². The highest BCUT2D eigenvalue weighted by Gasteiger charge is 2.15. The normalized spacial score (nSPS) is 11.1. The fraction of sp³-hybridized carbons (Fsp3) is 0.200. The second-order valence-electron chi connectivity index (χ2n) is 6.26. The lowest BCUT2D eigenvalue weighted by Crippen LogP contribution is -2.36. The zero-order valence-electron chi connectivity index (χ0n) is 15.8. The first-order chi connectivity index (χ1) is 14.1. The second-order valence-corrected chi connectivity index (χ2v) is 6.26. The first kappa shape index (κ1) is 18.6. The summed E-state index contributed by atoms with van der Waals surface area (Å²) in [6.45, 7) is 0.439. The zero-order valence-corrected chi connectivity index (χ0v) is 15.8. The van der Waals surface area contributed by atoms with Gasteiger partial charge in [-0.05, 0) is 30.3 Å². The number of benzene rings is 2. The van der Waals surface area contributed by atoms with Crippen LogP contribution in [0.15, 0.2) is 56.6 Å². The highest BCUT2D eigenvalue weighted by Crippen LogP contribution is 2.29. The summed E-state index contributed by atoms with van der Waals surface area (Å²) < 4.78 is 16.8. The van der Waals surface area contributed by atoms with E-state index >= 15 is 0 Å². The van der Waals surface area contributed by atoms with Crippen molar-refractivity contribution in [1.82, 2.24) is 19.7 Å². The summed E-state index contributed by atoms with van der Waals surface area (Å²) in [5.41, 5.74) is 0.781. The van der Waals surface area contributed by atoms with Crippen molar-refractivity contribution in [3.05, 3.63) is 63.3 Å². The summed E-state index contributed by atoms with van der Waals surface area (Å²) >= 11 is 0. The highest BCUT2D eigenvalue weighted by molar-refractivity contribution is 5.82. The van der Waals surface area contributed by atoms with E-state index in [9.17, 15) is 9.59 Å². The lowest BCUT2D eigenvalue weighted by Gasteiger charge is -2.06. The van der Waals surface area contributed by atoms with Gasteiger partial charge in [0, 0.05) is 12.7 Å². The van der Waals surface area contributed by atoms with Gasteiger partial charge in [0.25, 0.3) is 11.4 Å². The van der Waals surface area contributed by atoms with Gasteiger partial charge in [0.05, 0.1) is 36.7 Å². The van der Waals surface area contributed by atoms with E-state index in [1.165, 1.54) is 7.11 Å². The molecule has 0 fully saturated rings. The molecule has 2 aromatic carbocycles. The molecule has 2 aromatic heterocycles. The predicted molar refractivity (Wildman–Crippen MR) is 106 cm³/mol. The Hall–Kier alpha value is -3.72. The maximum atomic E-state index is 12.6. The molecule has 0 aliphatic rings. The Morgan fingerprint density at radius 3 is 2.76 bits per heavy atom. The third-order valence-electron chi connectivity index (χ3n) is 4.52. The average molecular weight is 394 g/mol. The molecule has 4 rings (SSSR count). The van der Waals surface area contributed by atoms with Gasteiger partial charge < -0.3 is 19.0 Å². The lowest BCUT2D eigenvalue weighted by atomic mass is 10.1. The van der Waals surface area contributed by atoms with Gasteiger partial charge in [0.2, 0.25) is 5.82 Å². The molecule has 0 saturated carbocycles. The summed E-state index contributed by atoms with van der Waals surface area (Å²) in [6, 6.07) is 12.3. The standard InChI is InChI=1S/C20H18N4O5/c1-27-10-9-24-19(25)13-8-7-12(11-15(13)21-20(24)26)18-22-17(23-29-18)14-5-3-4-6-16(14)28-2/h3-8,11H,9-10H2,1-2H3,(H,21,26). The van der Waals surface area contributed by atoms with Crippen LogP contribution in [-0.4, -0.2) is 40.5 Å². The van der Waals surface area contributed by atoms with Crippen LogP contribution in [0.25, 0.3) is 33.7 Å². The van der Waals surface area contributed by atoms with Crippen molar-refractivity contribution in [3.63, 3.8) is 0 Å². The van der Waals surface area contributed by atoms with Crippen LogP contribution >= 0.6 is 0 Å². The summed E-state index contributed by atoms with van der Waals surface area (Å²) in [5.74, 6) is 1.26. The van der Waals surface area contributed by atoms with Crippen LogP contribution < -0.4 is 16.0 Å². The maximum Gasteiger partial charge on any atom is 0.328 e. The number of hydrogen-bond donors (Lipinski definition) is 1. The molecule has 2 heterocycles. The molecule has 0 bridgehead atoms. The first-order valence-corrected chi connectivity index (χ1v) is 8.85. The Bertz CT molecular complexity index is 1290. The van der Waals surface area contributed by atoms with Gasteiger partial charge >= 0.3 is 5.69 Å². The van der Waals surface area contributed by atoms with E-state index in [0.717, 1.165) is 4.57 Å². The van der Waals surface area contributed by atoms with Crippen molar-refractivity contribution in [2.45, 2.75) is 6.54 Å². The zero-order chi connectivity index (χ0) is 20.4. The number of para-hydroxylation sites is 1. The molecular weight excluding hydrogens is 376 g/mol. The molecule has 1 N–H and O–H groups in total. The monoisotopic (exact) mass is 394 g/mol. The Morgan fingerprint density at radius 1 is 1.14 bits per heavy atom. The van der Waals surface area contributed by atoms with Crippen molar-refractivity contribution in [3.8, 4) is 28.6 Å². The van der Waals surface area contributed by atoms with Crippen molar-refractivity contribution >= 4 is 10.9 Å². The van der Waals surface area contributed by atoms with Crippen LogP contribution in [0.2, 0.25) is 0 Å². The molecule has 0 amide bonds. The van der Waals surface area contributed by atoms with E-state index in [1.54, 1.807) is 31.4 Å².